The first kappa shape index (κ1) is 19.7. The highest BCUT2D eigenvalue weighted by Gasteiger charge is 2.48. The van der Waals surface area contributed by atoms with Crippen LogP contribution in [0.3, 0.4) is 0 Å². The Morgan fingerprint density at radius 1 is 0.966 bits per heavy atom. The van der Waals surface area contributed by atoms with Crippen LogP contribution in [0.15, 0.2) is 24.3 Å². The van der Waals surface area contributed by atoms with Gasteiger partial charge in [0, 0.05) is 32.2 Å². The van der Waals surface area contributed by atoms with Gasteiger partial charge in [-0.2, -0.15) is 0 Å². The molecule has 0 aromatic heterocycles. The lowest BCUT2D eigenvalue weighted by molar-refractivity contribution is -0.144. The largest absolute Gasteiger partial charge is 0.492 e. The van der Waals surface area contributed by atoms with Gasteiger partial charge in [-0.25, -0.2) is 9.69 Å². The molecule has 2 saturated heterocycles. The summed E-state index contributed by atoms with van der Waals surface area (Å²) >= 11 is 0. The second kappa shape index (κ2) is 8.41. The van der Waals surface area contributed by atoms with Crippen molar-refractivity contribution in [3.8, 4) is 5.75 Å². The van der Waals surface area contributed by atoms with E-state index in [1.165, 1.54) is 4.90 Å². The average molecular weight is 400 g/mol. The van der Waals surface area contributed by atoms with Crippen molar-refractivity contribution in [2.24, 2.45) is 0 Å². The van der Waals surface area contributed by atoms with E-state index in [9.17, 15) is 14.4 Å². The number of piperazine rings is 1. The smallest absolute Gasteiger partial charge is 0.335 e. The van der Waals surface area contributed by atoms with E-state index < -0.39 is 17.8 Å². The molecule has 3 aliphatic rings. The maximum absolute atomic E-state index is 12.7. The molecule has 8 heteroatoms. The van der Waals surface area contributed by atoms with Gasteiger partial charge in [0.15, 0.2) is 0 Å². The monoisotopic (exact) mass is 400 g/mol. The third-order valence-corrected chi connectivity index (χ3v) is 5.99. The third kappa shape index (κ3) is 3.81. The van der Waals surface area contributed by atoms with E-state index in [2.05, 4.69) is 9.80 Å². The van der Waals surface area contributed by atoms with Crippen molar-refractivity contribution in [2.75, 3.05) is 44.4 Å². The van der Waals surface area contributed by atoms with E-state index in [-0.39, 0.29) is 12.7 Å². The number of hydrogen-bond donors (Lipinski definition) is 0. The van der Waals surface area contributed by atoms with Gasteiger partial charge in [0.1, 0.15) is 5.75 Å². The Morgan fingerprint density at radius 2 is 1.66 bits per heavy atom. The highest BCUT2D eigenvalue weighted by Crippen LogP contribution is 2.30. The molecule has 1 aromatic rings. The molecule has 1 aliphatic carbocycles. The highest BCUT2D eigenvalue weighted by molar-refractivity contribution is 6.44. The SMILES string of the molecule is CCOc1ccccc1N1CCN(CN2C(=O)C(=O)N(C3CCCC3)C2=O)CC1. The van der Waals surface area contributed by atoms with Crippen molar-refractivity contribution in [2.45, 2.75) is 38.6 Å². The summed E-state index contributed by atoms with van der Waals surface area (Å²) in [7, 11) is 0. The van der Waals surface area contributed by atoms with Gasteiger partial charge in [-0.15, -0.1) is 0 Å². The minimum atomic E-state index is -0.689. The van der Waals surface area contributed by atoms with Crippen LogP contribution in [0.4, 0.5) is 10.5 Å². The zero-order valence-electron chi connectivity index (χ0n) is 16.9. The first-order valence-corrected chi connectivity index (χ1v) is 10.5. The van der Waals surface area contributed by atoms with Crippen LogP contribution in [0.1, 0.15) is 32.6 Å². The van der Waals surface area contributed by atoms with Gasteiger partial charge in [-0.3, -0.25) is 19.4 Å². The van der Waals surface area contributed by atoms with Crippen molar-refractivity contribution in [3.05, 3.63) is 24.3 Å². The number of rotatable bonds is 6. The second-order valence-corrected chi connectivity index (χ2v) is 7.78. The van der Waals surface area contributed by atoms with E-state index in [0.717, 1.165) is 55.1 Å². The number of carbonyl (C=O) groups is 3. The molecule has 0 bridgehead atoms. The molecule has 0 N–H and O–H groups in total. The number of amides is 4. The first-order valence-electron chi connectivity index (χ1n) is 10.5. The maximum Gasteiger partial charge on any atom is 0.335 e. The summed E-state index contributed by atoms with van der Waals surface area (Å²) in [4.78, 5) is 44.2. The predicted octanol–water partition coefficient (Wildman–Crippen LogP) is 1.90. The number of benzene rings is 1. The molecular formula is C21H28N4O4. The van der Waals surface area contributed by atoms with Crippen LogP contribution in [0.25, 0.3) is 0 Å². The molecule has 2 aliphatic heterocycles. The molecule has 2 heterocycles. The Kier molecular flexibility index (Phi) is 5.71. The fraction of sp³-hybridized carbons (Fsp3) is 0.571. The van der Waals surface area contributed by atoms with E-state index in [4.69, 9.17) is 4.74 Å². The lowest BCUT2D eigenvalue weighted by Gasteiger charge is -2.37. The standard InChI is InChI=1S/C21H28N4O4/c1-2-29-18-10-6-5-9-17(18)23-13-11-22(12-14-23)15-24-19(26)20(27)25(21(24)28)16-7-3-4-8-16/h5-6,9-10,16H,2-4,7-8,11-15H2,1H3. The van der Waals surface area contributed by atoms with E-state index >= 15 is 0 Å². The lowest BCUT2D eigenvalue weighted by Crippen LogP contribution is -2.51. The molecule has 29 heavy (non-hydrogen) atoms. The van der Waals surface area contributed by atoms with Crippen molar-refractivity contribution < 1.29 is 19.1 Å². The maximum atomic E-state index is 12.7. The van der Waals surface area contributed by atoms with Crippen molar-refractivity contribution in [3.63, 3.8) is 0 Å². The molecular weight excluding hydrogens is 372 g/mol. The molecule has 4 rings (SSSR count). The van der Waals surface area contributed by atoms with E-state index in [1.54, 1.807) is 0 Å². The van der Waals surface area contributed by atoms with Crippen LogP contribution in [-0.2, 0) is 9.59 Å². The second-order valence-electron chi connectivity index (χ2n) is 7.78. The zero-order valence-corrected chi connectivity index (χ0v) is 16.9. The molecule has 8 nitrogen and oxygen atoms in total. The fourth-order valence-electron chi connectivity index (χ4n) is 4.46. The summed E-state index contributed by atoms with van der Waals surface area (Å²) in [6, 6.07) is 7.41. The summed E-state index contributed by atoms with van der Waals surface area (Å²) in [5.74, 6) is -0.483. The molecule has 0 atom stereocenters. The molecule has 156 valence electrons. The number of anilines is 1. The minimum absolute atomic E-state index is 0.115. The summed E-state index contributed by atoms with van der Waals surface area (Å²) in [5.41, 5.74) is 1.06. The zero-order chi connectivity index (χ0) is 20.4. The average Bonchev–Trinajstić information content (AvgIpc) is 3.33. The lowest BCUT2D eigenvalue weighted by atomic mass is 10.2. The van der Waals surface area contributed by atoms with Crippen LogP contribution in [0, 0.1) is 0 Å². The molecule has 3 fully saturated rings. The highest BCUT2D eigenvalue weighted by atomic mass is 16.5. The third-order valence-electron chi connectivity index (χ3n) is 5.99. The Bertz CT molecular complexity index is 785. The Labute approximate surface area is 171 Å². The van der Waals surface area contributed by atoms with Gasteiger partial charge in [-0.1, -0.05) is 25.0 Å². The van der Waals surface area contributed by atoms with Gasteiger partial charge in [0.05, 0.1) is 19.0 Å². The quantitative estimate of drug-likeness (QED) is 0.536. The molecule has 0 radical (unpaired) electrons. The van der Waals surface area contributed by atoms with Crippen LogP contribution >= 0.6 is 0 Å². The molecule has 1 saturated carbocycles. The van der Waals surface area contributed by atoms with Gasteiger partial charge < -0.3 is 9.64 Å². The molecule has 4 amide bonds. The fourth-order valence-corrected chi connectivity index (χ4v) is 4.46. The predicted molar refractivity (Wildman–Crippen MR) is 108 cm³/mol. The van der Waals surface area contributed by atoms with Crippen LogP contribution in [0.2, 0.25) is 0 Å². The molecule has 1 aromatic carbocycles. The number of para-hydroxylation sites is 2. The molecule has 0 unspecified atom stereocenters. The van der Waals surface area contributed by atoms with E-state index in [1.807, 2.05) is 31.2 Å². The number of imide groups is 2. The summed E-state index contributed by atoms with van der Waals surface area (Å²) in [6.45, 7) is 5.69. The van der Waals surface area contributed by atoms with Crippen LogP contribution in [-0.4, -0.2) is 78.0 Å². The Morgan fingerprint density at radius 3 is 2.34 bits per heavy atom. The number of carbonyl (C=O) groups excluding carboxylic acids is 3. The number of urea groups is 1. The summed E-state index contributed by atoms with van der Waals surface area (Å²) in [5, 5.41) is 0. The van der Waals surface area contributed by atoms with Crippen molar-refractivity contribution in [1.29, 1.82) is 0 Å². The summed E-state index contributed by atoms with van der Waals surface area (Å²) < 4.78 is 5.73. The van der Waals surface area contributed by atoms with Crippen molar-refractivity contribution >= 4 is 23.5 Å². The van der Waals surface area contributed by atoms with E-state index in [0.29, 0.717) is 19.7 Å². The van der Waals surface area contributed by atoms with Gasteiger partial charge in [0.2, 0.25) is 0 Å². The topological polar surface area (TPSA) is 73.4 Å². The van der Waals surface area contributed by atoms with Gasteiger partial charge in [-0.05, 0) is 31.9 Å². The summed E-state index contributed by atoms with van der Waals surface area (Å²) in [6.07, 6.45) is 3.61. The molecule has 0 spiro atoms. The minimum Gasteiger partial charge on any atom is -0.492 e. The number of nitrogens with zero attached hydrogens (tertiary/aromatic N) is 4. The van der Waals surface area contributed by atoms with Gasteiger partial charge in [0.25, 0.3) is 0 Å². The first-order chi connectivity index (χ1) is 14.1. The number of hydrogen-bond acceptors (Lipinski definition) is 6. The van der Waals surface area contributed by atoms with Crippen molar-refractivity contribution in [1.82, 2.24) is 14.7 Å². The van der Waals surface area contributed by atoms with Gasteiger partial charge >= 0.3 is 17.8 Å². The Balaban J connectivity index is 1.37. The normalized spacial score (nSPS) is 21.6. The number of ether oxygens (including phenoxy) is 1. The van der Waals surface area contributed by atoms with Crippen LogP contribution in [0.5, 0.6) is 5.75 Å². The van der Waals surface area contributed by atoms with Crippen LogP contribution < -0.4 is 9.64 Å². The Hall–Kier alpha value is -2.61.